The predicted octanol–water partition coefficient (Wildman–Crippen LogP) is 4.12. The fraction of sp³-hybridized carbons (Fsp3) is 0.368. The van der Waals surface area contributed by atoms with Crippen LogP contribution in [0.5, 0.6) is 11.5 Å². The van der Waals surface area contributed by atoms with Crippen molar-refractivity contribution in [1.82, 2.24) is 5.32 Å². The molecule has 0 bridgehead atoms. The average Bonchev–Trinajstić information content (AvgIpc) is 2.60. The Bertz CT molecular complexity index is 671. The highest BCUT2D eigenvalue weighted by atomic mass is 19.1. The van der Waals surface area contributed by atoms with E-state index in [1.165, 1.54) is 12.1 Å². The zero-order valence-electron chi connectivity index (χ0n) is 13.5. The summed E-state index contributed by atoms with van der Waals surface area (Å²) in [6.45, 7) is 0.344. The van der Waals surface area contributed by atoms with E-state index < -0.39 is 11.6 Å². The lowest BCUT2D eigenvalue weighted by atomic mass is 9.92. The van der Waals surface area contributed by atoms with Crippen LogP contribution in [0.4, 0.5) is 8.78 Å². The Balaban J connectivity index is 1.69. The highest BCUT2D eigenvalue weighted by molar-refractivity contribution is 5.37. The summed E-state index contributed by atoms with van der Waals surface area (Å²) in [5, 5.41) is 3.34. The van der Waals surface area contributed by atoms with Gasteiger partial charge in [-0.3, -0.25) is 0 Å². The third-order valence-corrected chi connectivity index (χ3v) is 4.45. The second-order valence-corrected chi connectivity index (χ2v) is 6.26. The first-order valence-electron chi connectivity index (χ1n) is 8.32. The molecule has 5 heteroatoms. The van der Waals surface area contributed by atoms with E-state index in [4.69, 9.17) is 10.5 Å². The van der Waals surface area contributed by atoms with Crippen LogP contribution < -0.4 is 15.8 Å². The maximum Gasteiger partial charge on any atom is 0.198 e. The molecule has 0 aliphatic heterocycles. The van der Waals surface area contributed by atoms with Crippen molar-refractivity contribution in [2.45, 2.75) is 44.3 Å². The first-order valence-corrected chi connectivity index (χ1v) is 8.32. The van der Waals surface area contributed by atoms with Crippen molar-refractivity contribution in [2.75, 3.05) is 0 Å². The molecular formula is C19H22F2N2O. The van der Waals surface area contributed by atoms with Gasteiger partial charge in [0.05, 0.1) is 0 Å². The van der Waals surface area contributed by atoms with Gasteiger partial charge in [-0.1, -0.05) is 24.3 Å². The minimum atomic E-state index is -0.705. The molecule has 1 saturated carbocycles. The molecule has 2 aromatic carbocycles. The maximum atomic E-state index is 14.6. The van der Waals surface area contributed by atoms with E-state index in [0.29, 0.717) is 23.9 Å². The average molecular weight is 332 g/mol. The second-order valence-electron chi connectivity index (χ2n) is 6.26. The van der Waals surface area contributed by atoms with E-state index in [0.717, 1.165) is 25.7 Å². The Hall–Kier alpha value is -1.98. The van der Waals surface area contributed by atoms with Gasteiger partial charge >= 0.3 is 0 Å². The van der Waals surface area contributed by atoms with Gasteiger partial charge in [-0.2, -0.15) is 0 Å². The number of ether oxygens (including phenoxy) is 1. The van der Waals surface area contributed by atoms with Gasteiger partial charge < -0.3 is 15.8 Å². The molecule has 0 atom stereocenters. The van der Waals surface area contributed by atoms with E-state index >= 15 is 0 Å². The molecule has 1 aliphatic rings. The minimum absolute atomic E-state index is 0.275. The summed E-state index contributed by atoms with van der Waals surface area (Å²) in [5.41, 5.74) is 6.29. The molecular weight excluding hydrogens is 310 g/mol. The predicted molar refractivity (Wildman–Crippen MR) is 89.9 cm³/mol. The smallest absolute Gasteiger partial charge is 0.198 e. The van der Waals surface area contributed by atoms with Gasteiger partial charge in [0.15, 0.2) is 17.4 Å². The molecule has 2 aromatic rings. The topological polar surface area (TPSA) is 47.3 Å². The molecule has 3 rings (SSSR count). The molecule has 1 aliphatic carbocycles. The van der Waals surface area contributed by atoms with Gasteiger partial charge in [-0.25, -0.2) is 8.78 Å². The summed E-state index contributed by atoms with van der Waals surface area (Å²) >= 11 is 0. The van der Waals surface area contributed by atoms with Gasteiger partial charge in [0, 0.05) is 24.2 Å². The standard InChI is InChI=1S/C19H22F2N2O/c20-17-11-6-13(12-23-15-9-7-14(22)8-10-15)18(21)19(17)24-16-4-2-1-3-5-16/h1-6,11,14-15,23H,7-10,12,22H2/t14-,15-. The lowest BCUT2D eigenvalue weighted by Crippen LogP contribution is -2.37. The first-order chi connectivity index (χ1) is 11.6. The number of para-hydroxylation sites is 1. The van der Waals surface area contributed by atoms with Crippen LogP contribution in [-0.4, -0.2) is 12.1 Å². The normalized spacial score (nSPS) is 20.8. The molecule has 1 fully saturated rings. The van der Waals surface area contributed by atoms with Crippen LogP contribution in [0.25, 0.3) is 0 Å². The summed E-state index contributed by atoms with van der Waals surface area (Å²) < 4.78 is 34.0. The minimum Gasteiger partial charge on any atom is -0.451 e. The molecule has 0 radical (unpaired) electrons. The summed E-state index contributed by atoms with van der Waals surface area (Å²) in [7, 11) is 0. The van der Waals surface area contributed by atoms with E-state index in [1.807, 2.05) is 6.07 Å². The first kappa shape index (κ1) is 16.9. The van der Waals surface area contributed by atoms with Crippen LogP contribution in [0.3, 0.4) is 0 Å². The molecule has 0 heterocycles. The SMILES string of the molecule is N[C@H]1CC[C@H](NCc2ccc(F)c(Oc3ccccc3)c2F)CC1. The third-order valence-electron chi connectivity index (χ3n) is 4.45. The maximum absolute atomic E-state index is 14.6. The molecule has 24 heavy (non-hydrogen) atoms. The zero-order chi connectivity index (χ0) is 16.9. The van der Waals surface area contributed by atoms with Crippen LogP contribution in [0.15, 0.2) is 42.5 Å². The van der Waals surface area contributed by atoms with Crippen molar-refractivity contribution in [2.24, 2.45) is 5.73 Å². The molecule has 0 amide bonds. The summed E-state index contributed by atoms with van der Waals surface area (Å²) in [6, 6.07) is 12.0. The van der Waals surface area contributed by atoms with Gasteiger partial charge in [0.25, 0.3) is 0 Å². The quantitative estimate of drug-likeness (QED) is 0.866. The van der Waals surface area contributed by atoms with Crippen molar-refractivity contribution >= 4 is 0 Å². The second kappa shape index (κ2) is 7.73. The Morgan fingerprint density at radius 1 is 1.00 bits per heavy atom. The summed E-state index contributed by atoms with van der Waals surface area (Å²) in [5.74, 6) is -1.31. The number of nitrogens with one attached hydrogen (secondary N) is 1. The lowest BCUT2D eigenvalue weighted by molar-refractivity contribution is 0.338. The van der Waals surface area contributed by atoms with Crippen LogP contribution in [0.2, 0.25) is 0 Å². The Labute approximate surface area is 140 Å². The monoisotopic (exact) mass is 332 g/mol. The van der Waals surface area contributed by atoms with Crippen molar-refractivity contribution < 1.29 is 13.5 Å². The van der Waals surface area contributed by atoms with E-state index in [-0.39, 0.29) is 11.8 Å². The number of hydrogen-bond donors (Lipinski definition) is 2. The van der Waals surface area contributed by atoms with E-state index in [1.54, 1.807) is 24.3 Å². The number of halogens is 2. The Morgan fingerprint density at radius 2 is 1.71 bits per heavy atom. The lowest BCUT2D eigenvalue weighted by Gasteiger charge is -2.27. The van der Waals surface area contributed by atoms with Crippen molar-refractivity contribution in [1.29, 1.82) is 0 Å². The fourth-order valence-electron chi connectivity index (χ4n) is 2.99. The molecule has 3 nitrogen and oxygen atoms in total. The molecule has 128 valence electrons. The van der Waals surface area contributed by atoms with E-state index in [9.17, 15) is 8.78 Å². The van der Waals surface area contributed by atoms with Gasteiger partial charge in [0.2, 0.25) is 0 Å². The highest BCUT2D eigenvalue weighted by Crippen LogP contribution is 2.29. The largest absolute Gasteiger partial charge is 0.451 e. The number of benzene rings is 2. The number of nitrogens with two attached hydrogens (primary N) is 1. The third kappa shape index (κ3) is 4.10. The van der Waals surface area contributed by atoms with Crippen LogP contribution >= 0.6 is 0 Å². The van der Waals surface area contributed by atoms with Gasteiger partial charge in [-0.15, -0.1) is 0 Å². The Kier molecular flexibility index (Phi) is 5.43. The van der Waals surface area contributed by atoms with Crippen LogP contribution in [-0.2, 0) is 6.54 Å². The van der Waals surface area contributed by atoms with Gasteiger partial charge in [-0.05, 0) is 43.9 Å². The molecule has 3 N–H and O–H groups in total. The van der Waals surface area contributed by atoms with Crippen LogP contribution in [0, 0.1) is 11.6 Å². The van der Waals surface area contributed by atoms with E-state index in [2.05, 4.69) is 5.32 Å². The highest BCUT2D eigenvalue weighted by Gasteiger charge is 2.20. The fourth-order valence-corrected chi connectivity index (χ4v) is 2.99. The molecule has 0 saturated heterocycles. The van der Waals surface area contributed by atoms with Crippen LogP contribution in [0.1, 0.15) is 31.2 Å². The zero-order valence-corrected chi connectivity index (χ0v) is 13.5. The molecule has 0 spiro atoms. The summed E-state index contributed by atoms with van der Waals surface area (Å²) in [6.07, 6.45) is 3.92. The number of rotatable bonds is 5. The van der Waals surface area contributed by atoms with Crippen molar-refractivity contribution in [3.05, 3.63) is 59.7 Å². The van der Waals surface area contributed by atoms with Crippen molar-refractivity contribution in [3.63, 3.8) is 0 Å². The molecule has 0 unspecified atom stereocenters. The Morgan fingerprint density at radius 3 is 2.42 bits per heavy atom. The molecule has 0 aromatic heterocycles. The van der Waals surface area contributed by atoms with Gasteiger partial charge in [0.1, 0.15) is 5.75 Å². The number of hydrogen-bond acceptors (Lipinski definition) is 3. The van der Waals surface area contributed by atoms with Crippen molar-refractivity contribution in [3.8, 4) is 11.5 Å². The summed E-state index contributed by atoms with van der Waals surface area (Å²) in [4.78, 5) is 0.